The number of hydrogen-bond acceptors (Lipinski definition) is 6. The number of aromatic nitrogens is 4. The van der Waals surface area contributed by atoms with Gasteiger partial charge in [0.25, 0.3) is 5.91 Å². The fourth-order valence-electron chi connectivity index (χ4n) is 2.10. The van der Waals surface area contributed by atoms with Gasteiger partial charge in [-0.1, -0.05) is 30.4 Å². The van der Waals surface area contributed by atoms with Gasteiger partial charge in [-0.2, -0.15) is 4.52 Å². The third-order valence-electron chi connectivity index (χ3n) is 3.13. The number of carbonyl (C=O) groups is 1. The lowest BCUT2D eigenvalue weighted by Crippen LogP contribution is -2.20. The summed E-state index contributed by atoms with van der Waals surface area (Å²) in [6, 6.07) is 7.56. The third-order valence-corrected chi connectivity index (χ3v) is 3.95. The van der Waals surface area contributed by atoms with Crippen molar-refractivity contribution in [3.05, 3.63) is 35.7 Å². The average Bonchev–Trinajstić information content (AvgIpc) is 3.07. The fraction of sp³-hybridized carbons (Fsp3) is 0.333. The van der Waals surface area contributed by atoms with E-state index in [1.807, 2.05) is 31.2 Å². The molecule has 0 bridgehead atoms. The van der Waals surface area contributed by atoms with Crippen molar-refractivity contribution in [2.24, 2.45) is 0 Å². The van der Waals surface area contributed by atoms with E-state index < -0.39 is 0 Å². The van der Waals surface area contributed by atoms with Gasteiger partial charge in [0.2, 0.25) is 10.1 Å². The Kier molecular flexibility index (Phi) is 4.52. The summed E-state index contributed by atoms with van der Waals surface area (Å²) in [5, 5.41) is 15.7. The molecule has 8 heteroatoms. The van der Waals surface area contributed by atoms with Crippen molar-refractivity contribution in [1.82, 2.24) is 19.8 Å². The Labute approximate surface area is 137 Å². The van der Waals surface area contributed by atoms with Gasteiger partial charge in [0, 0.05) is 6.42 Å². The quantitative estimate of drug-likeness (QED) is 0.750. The fourth-order valence-corrected chi connectivity index (χ4v) is 2.87. The molecular weight excluding hydrogens is 314 g/mol. The molecule has 0 radical (unpaired) electrons. The molecule has 0 saturated carbocycles. The molecule has 2 heterocycles. The van der Waals surface area contributed by atoms with Crippen molar-refractivity contribution in [2.45, 2.75) is 26.7 Å². The van der Waals surface area contributed by atoms with E-state index in [0.29, 0.717) is 15.8 Å². The second-order valence-corrected chi connectivity index (χ2v) is 6.08. The van der Waals surface area contributed by atoms with Gasteiger partial charge in [-0.05, 0) is 31.0 Å². The van der Waals surface area contributed by atoms with Crippen LogP contribution in [0.25, 0.3) is 4.96 Å². The number of carbonyl (C=O) groups excluding carboxylic acids is 1. The number of amides is 1. The van der Waals surface area contributed by atoms with E-state index in [1.165, 1.54) is 11.3 Å². The first-order valence-electron chi connectivity index (χ1n) is 7.36. The van der Waals surface area contributed by atoms with E-state index in [0.717, 1.165) is 24.2 Å². The largest absolute Gasteiger partial charge is 0.484 e. The minimum atomic E-state index is -0.256. The van der Waals surface area contributed by atoms with Crippen LogP contribution < -0.4 is 10.1 Å². The number of aryl methyl sites for hydroxylation is 2. The highest BCUT2D eigenvalue weighted by molar-refractivity contribution is 7.20. The van der Waals surface area contributed by atoms with E-state index in [4.69, 9.17) is 4.74 Å². The number of rotatable bonds is 6. The minimum Gasteiger partial charge on any atom is -0.484 e. The summed E-state index contributed by atoms with van der Waals surface area (Å²) in [5.41, 5.74) is 1.08. The molecule has 0 aliphatic heterocycles. The van der Waals surface area contributed by atoms with Crippen LogP contribution >= 0.6 is 11.3 Å². The van der Waals surface area contributed by atoms with Gasteiger partial charge in [0.1, 0.15) is 5.75 Å². The van der Waals surface area contributed by atoms with Crippen LogP contribution in [0.1, 0.15) is 24.7 Å². The predicted molar refractivity (Wildman–Crippen MR) is 88.0 cm³/mol. The van der Waals surface area contributed by atoms with E-state index in [-0.39, 0.29) is 12.5 Å². The zero-order valence-corrected chi connectivity index (χ0v) is 13.8. The summed E-state index contributed by atoms with van der Waals surface area (Å²) in [5.74, 6) is 1.22. The number of nitrogens with one attached hydrogen (secondary N) is 1. The summed E-state index contributed by atoms with van der Waals surface area (Å²) in [6.45, 7) is 3.98. The van der Waals surface area contributed by atoms with Crippen LogP contribution in [0.4, 0.5) is 5.13 Å². The number of ether oxygens (including phenoxy) is 1. The van der Waals surface area contributed by atoms with Crippen molar-refractivity contribution in [3.63, 3.8) is 0 Å². The predicted octanol–water partition coefficient (Wildman–Crippen LogP) is 2.46. The lowest BCUT2D eigenvalue weighted by atomic mass is 10.2. The van der Waals surface area contributed by atoms with Gasteiger partial charge in [-0.15, -0.1) is 15.3 Å². The minimum absolute atomic E-state index is 0.0641. The number of nitrogens with zero attached hydrogens (tertiary/aromatic N) is 4. The molecule has 7 nitrogen and oxygen atoms in total. The molecule has 1 N–H and O–H groups in total. The molecule has 0 saturated heterocycles. The van der Waals surface area contributed by atoms with E-state index >= 15 is 0 Å². The summed E-state index contributed by atoms with van der Waals surface area (Å²) < 4.78 is 7.14. The van der Waals surface area contributed by atoms with Crippen molar-refractivity contribution < 1.29 is 9.53 Å². The maximum Gasteiger partial charge on any atom is 0.264 e. The molecule has 0 unspecified atom stereocenters. The van der Waals surface area contributed by atoms with Crippen molar-refractivity contribution in [2.75, 3.05) is 11.9 Å². The first-order chi connectivity index (χ1) is 11.2. The molecule has 0 atom stereocenters. The molecule has 0 spiro atoms. The number of benzene rings is 1. The SMILES string of the molecule is CCCc1nnc2sc(NC(=O)COc3cccc(C)c3)nn12. The molecule has 0 fully saturated rings. The highest BCUT2D eigenvalue weighted by atomic mass is 32.1. The average molecular weight is 331 g/mol. The number of hydrogen-bond donors (Lipinski definition) is 1. The van der Waals surface area contributed by atoms with Crippen LogP contribution in [0, 0.1) is 6.92 Å². The molecule has 120 valence electrons. The third kappa shape index (κ3) is 3.65. The highest BCUT2D eigenvalue weighted by Crippen LogP contribution is 2.19. The van der Waals surface area contributed by atoms with Crippen LogP contribution in [-0.4, -0.2) is 32.3 Å². The zero-order valence-electron chi connectivity index (χ0n) is 12.9. The second kappa shape index (κ2) is 6.74. The maximum absolute atomic E-state index is 12.0. The summed E-state index contributed by atoms with van der Waals surface area (Å²) in [4.78, 5) is 12.6. The Balaban J connectivity index is 1.61. The van der Waals surface area contributed by atoms with E-state index in [1.54, 1.807) is 4.52 Å². The number of anilines is 1. The number of fused-ring (bicyclic) bond motifs is 1. The van der Waals surface area contributed by atoms with E-state index in [9.17, 15) is 4.79 Å². The van der Waals surface area contributed by atoms with Crippen LogP contribution in [0.2, 0.25) is 0 Å². The normalized spacial score (nSPS) is 10.9. The van der Waals surface area contributed by atoms with Crippen LogP contribution in [0.5, 0.6) is 5.75 Å². The van der Waals surface area contributed by atoms with Crippen LogP contribution in [0.15, 0.2) is 24.3 Å². The van der Waals surface area contributed by atoms with Gasteiger partial charge in [0.05, 0.1) is 0 Å². The van der Waals surface area contributed by atoms with Crippen molar-refractivity contribution in [1.29, 1.82) is 0 Å². The molecule has 1 aromatic carbocycles. The Morgan fingerprint density at radius 2 is 2.26 bits per heavy atom. The molecular formula is C15H17N5O2S. The topological polar surface area (TPSA) is 81.4 Å². The summed E-state index contributed by atoms with van der Waals surface area (Å²) >= 11 is 1.29. The Morgan fingerprint density at radius 1 is 1.39 bits per heavy atom. The zero-order chi connectivity index (χ0) is 16.2. The van der Waals surface area contributed by atoms with Crippen molar-refractivity contribution >= 4 is 27.3 Å². The molecule has 0 aliphatic rings. The van der Waals surface area contributed by atoms with Crippen LogP contribution in [-0.2, 0) is 11.2 Å². The standard InChI is InChI=1S/C15H17N5O2S/c1-3-5-12-17-18-15-20(12)19-14(23-15)16-13(21)9-22-11-7-4-6-10(2)8-11/h4,6-8H,3,5,9H2,1-2H3,(H,16,19,21). The molecule has 3 aromatic rings. The smallest absolute Gasteiger partial charge is 0.264 e. The molecule has 0 aliphatic carbocycles. The first-order valence-corrected chi connectivity index (χ1v) is 8.18. The molecule has 3 rings (SSSR count). The summed E-state index contributed by atoms with van der Waals surface area (Å²) in [6.07, 6.45) is 1.76. The van der Waals surface area contributed by atoms with Crippen molar-refractivity contribution in [3.8, 4) is 5.75 Å². The Bertz CT molecular complexity index is 826. The lowest BCUT2D eigenvalue weighted by Gasteiger charge is -2.06. The molecule has 23 heavy (non-hydrogen) atoms. The Morgan fingerprint density at radius 3 is 3.04 bits per heavy atom. The monoisotopic (exact) mass is 331 g/mol. The molecule has 2 aromatic heterocycles. The van der Waals surface area contributed by atoms with Gasteiger partial charge >= 0.3 is 0 Å². The van der Waals surface area contributed by atoms with E-state index in [2.05, 4.69) is 27.5 Å². The van der Waals surface area contributed by atoms with Crippen LogP contribution in [0.3, 0.4) is 0 Å². The first kappa shape index (κ1) is 15.4. The second-order valence-electron chi connectivity index (χ2n) is 5.12. The highest BCUT2D eigenvalue weighted by Gasteiger charge is 2.13. The summed E-state index contributed by atoms with van der Waals surface area (Å²) in [7, 11) is 0. The maximum atomic E-state index is 12.0. The van der Waals surface area contributed by atoms with Gasteiger partial charge < -0.3 is 4.74 Å². The lowest BCUT2D eigenvalue weighted by molar-refractivity contribution is -0.118. The molecule has 1 amide bonds. The Hall–Kier alpha value is -2.48. The van der Waals surface area contributed by atoms with Gasteiger partial charge in [-0.25, -0.2) is 0 Å². The van der Waals surface area contributed by atoms with Gasteiger partial charge in [-0.3, -0.25) is 10.1 Å². The van der Waals surface area contributed by atoms with Gasteiger partial charge in [0.15, 0.2) is 12.4 Å².